The van der Waals surface area contributed by atoms with Crippen LogP contribution in [0.3, 0.4) is 0 Å². The molecule has 3 nitrogen and oxygen atoms in total. The molecule has 0 saturated carbocycles. The highest BCUT2D eigenvalue weighted by molar-refractivity contribution is 5.59. The van der Waals surface area contributed by atoms with E-state index in [4.69, 9.17) is 4.74 Å². The predicted octanol–water partition coefficient (Wildman–Crippen LogP) is 2.93. The molecule has 15 heavy (non-hydrogen) atoms. The van der Waals surface area contributed by atoms with Crippen LogP contribution < -0.4 is 4.74 Å². The Morgan fingerprint density at radius 2 is 2.13 bits per heavy atom. The van der Waals surface area contributed by atoms with Gasteiger partial charge in [-0.05, 0) is 12.1 Å². The van der Waals surface area contributed by atoms with Crippen molar-refractivity contribution in [1.29, 1.82) is 0 Å². The zero-order chi connectivity index (χ0) is 11.3. The lowest BCUT2D eigenvalue weighted by molar-refractivity contribution is 0.418. The summed E-state index contributed by atoms with van der Waals surface area (Å²) in [5.74, 6) is 1.93. The minimum absolute atomic E-state index is 0.870. The molecule has 2 rings (SSSR count). The van der Waals surface area contributed by atoms with E-state index in [1.54, 1.807) is 7.11 Å². The van der Waals surface area contributed by atoms with E-state index < -0.39 is 0 Å². The van der Waals surface area contributed by atoms with Crippen LogP contribution in [0.2, 0.25) is 0 Å². The summed E-state index contributed by atoms with van der Waals surface area (Å²) in [5.41, 5.74) is 1.03. The summed E-state index contributed by atoms with van der Waals surface area (Å²) < 4.78 is 7.28. The van der Waals surface area contributed by atoms with Crippen molar-refractivity contribution in [2.24, 2.45) is 0 Å². The Labute approximate surface area is 90.7 Å². The molecule has 0 amide bonds. The van der Waals surface area contributed by atoms with Gasteiger partial charge in [-0.2, -0.15) is 0 Å². The van der Waals surface area contributed by atoms with Gasteiger partial charge < -0.3 is 9.14 Å². The third-order valence-electron chi connectivity index (χ3n) is 2.14. The van der Waals surface area contributed by atoms with E-state index in [2.05, 4.69) is 16.3 Å². The molecular weight excluding hydrogens is 188 g/mol. The first-order valence-electron chi connectivity index (χ1n) is 5.35. The first-order chi connectivity index (χ1) is 7.36. The van der Waals surface area contributed by atoms with Gasteiger partial charge >= 0.3 is 0 Å². The van der Waals surface area contributed by atoms with Crippen LogP contribution in [0, 0.1) is 0 Å². The lowest BCUT2D eigenvalue weighted by Crippen LogP contribution is -1.93. The zero-order valence-electron chi connectivity index (χ0n) is 9.82. The molecule has 0 spiro atoms. The van der Waals surface area contributed by atoms with Crippen molar-refractivity contribution in [1.82, 2.24) is 9.38 Å². The summed E-state index contributed by atoms with van der Waals surface area (Å²) in [5, 5.41) is 0. The van der Waals surface area contributed by atoms with Gasteiger partial charge in [0.15, 0.2) is 0 Å². The summed E-state index contributed by atoms with van der Waals surface area (Å²) in [4.78, 5) is 4.31. The average Bonchev–Trinajstić information content (AvgIpc) is 2.74. The number of aryl methyl sites for hydroxylation is 1. The number of ether oxygens (including phenoxy) is 1. The van der Waals surface area contributed by atoms with E-state index >= 15 is 0 Å². The number of aromatic nitrogens is 2. The van der Waals surface area contributed by atoms with Gasteiger partial charge in [-0.25, -0.2) is 4.98 Å². The largest absolute Gasteiger partial charge is 0.494 e. The molecule has 3 heteroatoms. The second kappa shape index (κ2) is 5.39. The van der Waals surface area contributed by atoms with Crippen molar-refractivity contribution >= 4 is 5.52 Å². The molecule has 0 atom stereocenters. The molecule has 0 saturated heterocycles. The molecule has 0 N–H and O–H groups in total. The summed E-state index contributed by atoms with van der Waals surface area (Å²) in [6.07, 6.45) is 4.78. The second-order valence-electron chi connectivity index (χ2n) is 2.86. The Morgan fingerprint density at radius 1 is 1.40 bits per heavy atom. The van der Waals surface area contributed by atoms with Gasteiger partial charge in [-0.1, -0.05) is 20.8 Å². The Balaban J connectivity index is 0.000000531. The van der Waals surface area contributed by atoms with Crippen LogP contribution in [-0.2, 0) is 6.42 Å². The predicted molar refractivity (Wildman–Crippen MR) is 62.5 cm³/mol. The maximum Gasteiger partial charge on any atom is 0.144 e. The lowest BCUT2D eigenvalue weighted by atomic mass is 10.4. The van der Waals surface area contributed by atoms with E-state index in [0.29, 0.717) is 0 Å². The highest BCUT2D eigenvalue weighted by Gasteiger charge is 2.04. The van der Waals surface area contributed by atoms with Crippen LogP contribution in [0.25, 0.3) is 5.52 Å². The van der Waals surface area contributed by atoms with Crippen LogP contribution in [0.1, 0.15) is 26.6 Å². The van der Waals surface area contributed by atoms with Crippen molar-refractivity contribution in [3.8, 4) is 5.75 Å². The maximum absolute atomic E-state index is 5.22. The molecule has 0 aliphatic carbocycles. The Kier molecular flexibility index (Phi) is 4.16. The molecule has 0 radical (unpaired) electrons. The third-order valence-corrected chi connectivity index (χ3v) is 2.14. The fraction of sp³-hybridized carbons (Fsp3) is 0.417. The summed E-state index contributed by atoms with van der Waals surface area (Å²) in [6.45, 7) is 6.09. The van der Waals surface area contributed by atoms with Gasteiger partial charge in [0.25, 0.3) is 0 Å². The first kappa shape index (κ1) is 11.6. The number of fused-ring (bicyclic) bond motifs is 1. The molecular formula is C12H18N2O. The maximum atomic E-state index is 5.22. The Hall–Kier alpha value is -1.51. The number of rotatable bonds is 2. The van der Waals surface area contributed by atoms with Gasteiger partial charge in [-0.3, -0.25) is 0 Å². The minimum atomic E-state index is 0.870. The highest BCUT2D eigenvalue weighted by Crippen LogP contribution is 2.19. The van der Waals surface area contributed by atoms with E-state index in [9.17, 15) is 0 Å². The van der Waals surface area contributed by atoms with Crippen molar-refractivity contribution < 1.29 is 4.74 Å². The monoisotopic (exact) mass is 206 g/mol. The standard InChI is InChI=1S/C10H12N2O.C2H6/c1-3-10-11-7-8-9(13-2)5-4-6-12(8)10;1-2/h4-7H,3H2,1-2H3;1-2H3. The number of methoxy groups -OCH3 is 1. The SMILES string of the molecule is CC.CCc1ncc2c(OC)cccn12. The topological polar surface area (TPSA) is 26.5 Å². The van der Waals surface area contributed by atoms with Gasteiger partial charge in [0.05, 0.1) is 13.3 Å². The molecule has 0 aliphatic rings. The average molecular weight is 206 g/mol. The quantitative estimate of drug-likeness (QED) is 0.755. The van der Waals surface area contributed by atoms with Crippen molar-refractivity contribution in [3.05, 3.63) is 30.4 Å². The van der Waals surface area contributed by atoms with E-state index in [-0.39, 0.29) is 0 Å². The highest BCUT2D eigenvalue weighted by atomic mass is 16.5. The van der Waals surface area contributed by atoms with Crippen LogP contribution in [0.4, 0.5) is 0 Å². The van der Waals surface area contributed by atoms with E-state index in [0.717, 1.165) is 23.5 Å². The fourth-order valence-corrected chi connectivity index (χ4v) is 1.48. The summed E-state index contributed by atoms with van der Waals surface area (Å²) in [6, 6.07) is 3.91. The molecule has 2 aromatic rings. The van der Waals surface area contributed by atoms with Crippen LogP contribution in [0.5, 0.6) is 5.75 Å². The van der Waals surface area contributed by atoms with Crippen molar-refractivity contribution in [2.75, 3.05) is 7.11 Å². The van der Waals surface area contributed by atoms with Crippen molar-refractivity contribution in [3.63, 3.8) is 0 Å². The van der Waals surface area contributed by atoms with E-state index in [1.165, 1.54) is 0 Å². The Morgan fingerprint density at radius 3 is 2.73 bits per heavy atom. The smallest absolute Gasteiger partial charge is 0.144 e. The molecule has 2 aromatic heterocycles. The van der Waals surface area contributed by atoms with Gasteiger partial charge in [0, 0.05) is 12.6 Å². The summed E-state index contributed by atoms with van der Waals surface area (Å²) in [7, 11) is 1.67. The third kappa shape index (κ3) is 2.12. The number of hydrogen-bond donors (Lipinski definition) is 0. The number of nitrogens with zero attached hydrogens (tertiary/aromatic N) is 2. The molecule has 0 bridgehead atoms. The molecule has 0 aromatic carbocycles. The normalized spacial score (nSPS) is 9.60. The first-order valence-corrected chi connectivity index (χ1v) is 5.35. The number of hydrogen-bond acceptors (Lipinski definition) is 2. The number of pyridine rings is 1. The molecule has 2 heterocycles. The van der Waals surface area contributed by atoms with Crippen LogP contribution in [-0.4, -0.2) is 16.5 Å². The summed E-state index contributed by atoms with van der Waals surface area (Å²) >= 11 is 0. The molecule has 0 fully saturated rings. The van der Waals surface area contributed by atoms with Crippen LogP contribution in [0.15, 0.2) is 24.5 Å². The number of imidazole rings is 1. The molecule has 0 aliphatic heterocycles. The molecule has 82 valence electrons. The fourth-order valence-electron chi connectivity index (χ4n) is 1.48. The minimum Gasteiger partial charge on any atom is -0.494 e. The van der Waals surface area contributed by atoms with E-state index in [1.807, 2.05) is 38.4 Å². The Bertz CT molecular complexity index is 420. The van der Waals surface area contributed by atoms with Gasteiger partial charge in [0.1, 0.15) is 17.1 Å². The zero-order valence-corrected chi connectivity index (χ0v) is 9.82. The van der Waals surface area contributed by atoms with Gasteiger partial charge in [-0.15, -0.1) is 0 Å². The lowest BCUT2D eigenvalue weighted by Gasteiger charge is -2.02. The van der Waals surface area contributed by atoms with Crippen molar-refractivity contribution in [2.45, 2.75) is 27.2 Å². The second-order valence-corrected chi connectivity index (χ2v) is 2.86. The van der Waals surface area contributed by atoms with Crippen LogP contribution >= 0.6 is 0 Å². The molecule has 0 unspecified atom stereocenters. The van der Waals surface area contributed by atoms with Gasteiger partial charge in [0.2, 0.25) is 0 Å².